The Hall–Kier alpha value is -1.23. The van der Waals surface area contributed by atoms with Gasteiger partial charge in [0.25, 0.3) is 0 Å². The summed E-state index contributed by atoms with van der Waals surface area (Å²) < 4.78 is 13.6. The van der Waals surface area contributed by atoms with Gasteiger partial charge < -0.3 is 5.73 Å². The molecular formula is C14H17ClFN3. The van der Waals surface area contributed by atoms with Gasteiger partial charge in [-0.05, 0) is 30.2 Å². The lowest BCUT2D eigenvalue weighted by Gasteiger charge is -2.16. The molecule has 0 spiro atoms. The molecule has 102 valence electrons. The van der Waals surface area contributed by atoms with Crippen molar-refractivity contribution in [1.82, 2.24) is 9.88 Å². The van der Waals surface area contributed by atoms with Crippen LogP contribution in [0.3, 0.4) is 0 Å². The van der Waals surface area contributed by atoms with Gasteiger partial charge in [0.1, 0.15) is 5.82 Å². The minimum Gasteiger partial charge on any atom is -0.326 e. The van der Waals surface area contributed by atoms with E-state index in [-0.39, 0.29) is 24.3 Å². The van der Waals surface area contributed by atoms with Gasteiger partial charge in [-0.25, -0.2) is 4.39 Å². The Kier molecular flexibility index (Phi) is 4.34. The molecular weight excluding hydrogens is 265 g/mol. The topological polar surface area (TPSA) is 42.1 Å². The zero-order valence-corrected chi connectivity index (χ0v) is 11.4. The Morgan fingerprint density at radius 2 is 2.26 bits per heavy atom. The molecule has 1 aromatic heterocycles. The van der Waals surface area contributed by atoms with Crippen LogP contribution in [-0.4, -0.2) is 29.0 Å². The van der Waals surface area contributed by atoms with E-state index in [0.717, 1.165) is 42.5 Å². The average molecular weight is 282 g/mol. The van der Waals surface area contributed by atoms with Crippen LogP contribution in [0, 0.1) is 5.82 Å². The Balaban J connectivity index is 0.00000133. The van der Waals surface area contributed by atoms with E-state index in [2.05, 4.69) is 9.88 Å². The summed E-state index contributed by atoms with van der Waals surface area (Å²) in [6.45, 7) is 2.58. The van der Waals surface area contributed by atoms with Crippen molar-refractivity contribution < 1.29 is 4.39 Å². The molecule has 5 heteroatoms. The smallest absolute Gasteiger partial charge is 0.124 e. The van der Waals surface area contributed by atoms with Crippen molar-refractivity contribution in [1.29, 1.82) is 0 Å². The number of pyridine rings is 1. The van der Waals surface area contributed by atoms with E-state index in [4.69, 9.17) is 5.73 Å². The van der Waals surface area contributed by atoms with E-state index in [0.29, 0.717) is 0 Å². The first kappa shape index (κ1) is 14.2. The number of rotatable bonds is 2. The van der Waals surface area contributed by atoms with Crippen LogP contribution in [0.15, 0.2) is 30.5 Å². The molecule has 19 heavy (non-hydrogen) atoms. The summed E-state index contributed by atoms with van der Waals surface area (Å²) in [5.74, 6) is -0.200. The van der Waals surface area contributed by atoms with Crippen molar-refractivity contribution in [3.63, 3.8) is 0 Å². The van der Waals surface area contributed by atoms with Gasteiger partial charge in [-0.3, -0.25) is 9.88 Å². The van der Waals surface area contributed by atoms with Crippen LogP contribution in [0.2, 0.25) is 0 Å². The lowest BCUT2D eigenvalue weighted by molar-refractivity contribution is 0.327. The molecule has 1 aliphatic rings. The number of likely N-dealkylation sites (tertiary alicyclic amines) is 1. The molecule has 1 aliphatic heterocycles. The molecule has 1 fully saturated rings. The summed E-state index contributed by atoms with van der Waals surface area (Å²) in [7, 11) is 0. The molecule has 0 radical (unpaired) electrons. The highest BCUT2D eigenvalue weighted by Crippen LogP contribution is 2.21. The zero-order chi connectivity index (χ0) is 12.5. The lowest BCUT2D eigenvalue weighted by Crippen LogP contribution is -2.26. The van der Waals surface area contributed by atoms with Crippen LogP contribution in [0.5, 0.6) is 0 Å². The normalized spacial score (nSPS) is 19.6. The Bertz CT molecular complexity index is 576. The number of nitrogens with two attached hydrogens (primary N) is 1. The minimum atomic E-state index is -0.200. The van der Waals surface area contributed by atoms with E-state index >= 15 is 0 Å². The fourth-order valence-corrected chi connectivity index (χ4v) is 2.60. The molecule has 0 unspecified atom stereocenters. The molecule has 2 aromatic rings. The zero-order valence-electron chi connectivity index (χ0n) is 10.6. The largest absolute Gasteiger partial charge is 0.326 e. The van der Waals surface area contributed by atoms with Crippen molar-refractivity contribution in [3.05, 3.63) is 41.8 Å². The Morgan fingerprint density at radius 3 is 3.00 bits per heavy atom. The van der Waals surface area contributed by atoms with Crippen LogP contribution in [0.4, 0.5) is 4.39 Å². The summed E-state index contributed by atoms with van der Waals surface area (Å²) in [6.07, 6.45) is 2.76. The number of benzene rings is 1. The molecule has 3 nitrogen and oxygen atoms in total. The van der Waals surface area contributed by atoms with Crippen molar-refractivity contribution in [2.24, 2.45) is 5.73 Å². The molecule has 0 amide bonds. The van der Waals surface area contributed by atoms with Gasteiger partial charge in [0.2, 0.25) is 0 Å². The molecule has 2 N–H and O–H groups in total. The maximum atomic E-state index is 13.6. The summed E-state index contributed by atoms with van der Waals surface area (Å²) >= 11 is 0. The standard InChI is InChI=1S/C14H16FN3.ClH/c15-12-6-10-2-1-4-17-14(10)11(7-12)8-18-5-3-13(16)9-18;/h1-2,4,6-7,13H,3,5,8-9,16H2;1H/t13-;/m1./s1. The SMILES string of the molecule is Cl.N[C@@H]1CCN(Cc2cc(F)cc3cccnc23)C1. The third-order valence-corrected chi connectivity index (χ3v) is 3.45. The van der Waals surface area contributed by atoms with Crippen molar-refractivity contribution in [2.75, 3.05) is 13.1 Å². The van der Waals surface area contributed by atoms with Gasteiger partial charge in [-0.15, -0.1) is 12.4 Å². The summed E-state index contributed by atoms with van der Waals surface area (Å²) in [4.78, 5) is 6.62. The molecule has 0 aliphatic carbocycles. The van der Waals surface area contributed by atoms with Crippen LogP contribution >= 0.6 is 12.4 Å². The first-order valence-corrected chi connectivity index (χ1v) is 6.23. The van der Waals surface area contributed by atoms with Gasteiger partial charge in [0.05, 0.1) is 5.52 Å². The van der Waals surface area contributed by atoms with Gasteiger partial charge in [0, 0.05) is 37.3 Å². The number of fused-ring (bicyclic) bond motifs is 1. The van der Waals surface area contributed by atoms with Gasteiger partial charge in [0.15, 0.2) is 0 Å². The van der Waals surface area contributed by atoms with Crippen LogP contribution in [0.25, 0.3) is 10.9 Å². The maximum absolute atomic E-state index is 13.6. The van der Waals surface area contributed by atoms with E-state index in [1.54, 1.807) is 12.3 Å². The summed E-state index contributed by atoms with van der Waals surface area (Å²) in [5, 5.41) is 0.857. The van der Waals surface area contributed by atoms with Crippen LogP contribution in [-0.2, 0) is 6.54 Å². The van der Waals surface area contributed by atoms with Gasteiger partial charge in [-0.2, -0.15) is 0 Å². The quantitative estimate of drug-likeness (QED) is 0.919. The van der Waals surface area contributed by atoms with E-state index in [1.807, 2.05) is 12.1 Å². The van der Waals surface area contributed by atoms with Gasteiger partial charge in [-0.1, -0.05) is 6.07 Å². The van der Waals surface area contributed by atoms with Crippen LogP contribution < -0.4 is 5.73 Å². The number of hydrogen-bond donors (Lipinski definition) is 1. The number of halogens is 2. The predicted molar refractivity (Wildman–Crippen MR) is 76.8 cm³/mol. The van der Waals surface area contributed by atoms with Crippen molar-refractivity contribution >= 4 is 23.3 Å². The molecule has 3 rings (SSSR count). The predicted octanol–water partition coefficient (Wildman–Crippen LogP) is 2.33. The lowest BCUT2D eigenvalue weighted by atomic mass is 10.1. The molecule has 1 aromatic carbocycles. The second-order valence-corrected chi connectivity index (χ2v) is 4.92. The third kappa shape index (κ3) is 3.03. The van der Waals surface area contributed by atoms with Crippen molar-refractivity contribution in [2.45, 2.75) is 19.0 Å². The fraction of sp³-hybridized carbons (Fsp3) is 0.357. The molecule has 0 bridgehead atoms. The highest BCUT2D eigenvalue weighted by molar-refractivity contribution is 5.85. The van der Waals surface area contributed by atoms with E-state index in [9.17, 15) is 4.39 Å². The Morgan fingerprint density at radius 1 is 1.42 bits per heavy atom. The first-order chi connectivity index (χ1) is 8.72. The highest BCUT2D eigenvalue weighted by Gasteiger charge is 2.20. The minimum absolute atomic E-state index is 0. The molecule has 1 saturated heterocycles. The maximum Gasteiger partial charge on any atom is 0.124 e. The number of aromatic nitrogens is 1. The van der Waals surface area contributed by atoms with Crippen LogP contribution in [0.1, 0.15) is 12.0 Å². The van der Waals surface area contributed by atoms with Crippen molar-refractivity contribution in [3.8, 4) is 0 Å². The van der Waals surface area contributed by atoms with E-state index < -0.39 is 0 Å². The van der Waals surface area contributed by atoms with E-state index in [1.165, 1.54) is 6.07 Å². The third-order valence-electron chi connectivity index (χ3n) is 3.45. The summed E-state index contributed by atoms with van der Waals surface area (Å²) in [5.41, 5.74) is 7.72. The number of nitrogens with zero attached hydrogens (tertiary/aromatic N) is 2. The number of hydrogen-bond acceptors (Lipinski definition) is 3. The first-order valence-electron chi connectivity index (χ1n) is 6.23. The van der Waals surface area contributed by atoms with Gasteiger partial charge >= 0.3 is 0 Å². The fourth-order valence-electron chi connectivity index (χ4n) is 2.60. The average Bonchev–Trinajstić information content (AvgIpc) is 2.74. The Labute approximate surface area is 118 Å². The second kappa shape index (κ2) is 5.82. The monoisotopic (exact) mass is 281 g/mol. The summed E-state index contributed by atoms with van der Waals surface area (Å²) in [6, 6.07) is 7.08. The highest BCUT2D eigenvalue weighted by atomic mass is 35.5. The molecule has 1 atom stereocenters. The molecule has 0 saturated carbocycles. The molecule has 2 heterocycles. The second-order valence-electron chi connectivity index (χ2n) is 4.92.